The molecule has 0 unspecified atom stereocenters. The van der Waals surface area contributed by atoms with E-state index in [0.717, 1.165) is 18.4 Å². The second kappa shape index (κ2) is 5.57. The van der Waals surface area contributed by atoms with Crippen LogP contribution >= 0.6 is 0 Å². The minimum Gasteiger partial charge on any atom is -0.347 e. The molecule has 1 fully saturated rings. The van der Waals surface area contributed by atoms with Crippen LogP contribution in [0, 0.1) is 0 Å². The van der Waals surface area contributed by atoms with Crippen LogP contribution in [0.2, 0.25) is 0 Å². The predicted molar refractivity (Wildman–Crippen MR) is 85.3 cm³/mol. The molecule has 3 N–H and O–H groups in total. The van der Waals surface area contributed by atoms with E-state index in [4.69, 9.17) is 5.73 Å². The molecule has 1 aliphatic rings. The third-order valence-corrected chi connectivity index (χ3v) is 4.20. The average Bonchev–Trinajstić information content (AvgIpc) is 3.06. The Hall–Kier alpha value is -2.14. The zero-order valence-electron chi connectivity index (χ0n) is 13.0. The first-order chi connectivity index (χ1) is 10.5. The van der Waals surface area contributed by atoms with Gasteiger partial charge in [0.1, 0.15) is 5.69 Å². The maximum absolute atomic E-state index is 12.1. The Balaban J connectivity index is 1.58. The maximum atomic E-state index is 12.1. The highest BCUT2D eigenvalue weighted by Gasteiger charge is 2.39. The molecule has 3 rings (SSSR count). The van der Waals surface area contributed by atoms with E-state index < -0.39 is 0 Å². The first-order valence-corrected chi connectivity index (χ1v) is 7.68. The molecule has 22 heavy (non-hydrogen) atoms. The topological polar surface area (TPSA) is 72.9 Å². The highest BCUT2D eigenvalue weighted by Crippen LogP contribution is 2.42. The van der Waals surface area contributed by atoms with Gasteiger partial charge in [-0.15, -0.1) is 0 Å². The molecular formula is C17H22N4O. The van der Waals surface area contributed by atoms with Crippen molar-refractivity contribution in [2.24, 2.45) is 5.73 Å². The third-order valence-electron chi connectivity index (χ3n) is 4.20. The largest absolute Gasteiger partial charge is 0.347 e. The minimum atomic E-state index is -0.152. The molecule has 0 atom stereocenters. The highest BCUT2D eigenvalue weighted by molar-refractivity contribution is 5.91. The van der Waals surface area contributed by atoms with Crippen molar-refractivity contribution in [3.05, 3.63) is 53.6 Å². The lowest BCUT2D eigenvalue weighted by Gasteiger charge is -2.10. The van der Waals surface area contributed by atoms with Crippen LogP contribution in [0.1, 0.15) is 54.3 Å². The van der Waals surface area contributed by atoms with Gasteiger partial charge in [-0.2, -0.15) is 0 Å². The van der Waals surface area contributed by atoms with Crippen LogP contribution in [0.15, 0.2) is 36.8 Å². The summed E-state index contributed by atoms with van der Waals surface area (Å²) in [4.78, 5) is 16.2. The van der Waals surface area contributed by atoms with Crippen LogP contribution in [0.5, 0.6) is 0 Å². The molecule has 1 amide bonds. The number of amides is 1. The van der Waals surface area contributed by atoms with Gasteiger partial charge in [0.25, 0.3) is 5.91 Å². The van der Waals surface area contributed by atoms with E-state index in [1.54, 1.807) is 12.5 Å². The van der Waals surface area contributed by atoms with E-state index in [1.165, 1.54) is 5.56 Å². The molecular weight excluding hydrogens is 276 g/mol. The molecule has 1 saturated carbocycles. The Kier molecular flexibility index (Phi) is 3.74. The fourth-order valence-corrected chi connectivity index (χ4v) is 2.39. The van der Waals surface area contributed by atoms with Crippen molar-refractivity contribution < 1.29 is 4.79 Å². The molecule has 1 aromatic carbocycles. The summed E-state index contributed by atoms with van der Waals surface area (Å²) in [5, 5.41) is 2.90. The van der Waals surface area contributed by atoms with Crippen molar-refractivity contribution in [2.75, 3.05) is 0 Å². The molecule has 0 bridgehead atoms. The van der Waals surface area contributed by atoms with Crippen molar-refractivity contribution in [3.8, 4) is 0 Å². The molecule has 5 nitrogen and oxygen atoms in total. The Morgan fingerprint density at radius 1 is 1.36 bits per heavy atom. The molecule has 116 valence electrons. The third kappa shape index (κ3) is 3.04. The van der Waals surface area contributed by atoms with Gasteiger partial charge in [0, 0.05) is 24.3 Å². The average molecular weight is 298 g/mol. The normalized spacial score (nSPS) is 15.8. The summed E-state index contributed by atoms with van der Waals surface area (Å²) < 4.78 is 1.92. The van der Waals surface area contributed by atoms with Gasteiger partial charge in [0.15, 0.2) is 0 Å². The molecule has 0 aliphatic heterocycles. The monoisotopic (exact) mass is 298 g/mol. The molecule has 0 spiro atoms. The molecule has 2 aromatic rings. The number of carbonyl (C=O) groups excluding carboxylic acids is 1. The zero-order chi connectivity index (χ0) is 15.7. The summed E-state index contributed by atoms with van der Waals surface area (Å²) in [5.74, 6) is -0.152. The summed E-state index contributed by atoms with van der Waals surface area (Å²) in [6.45, 7) is 4.59. The van der Waals surface area contributed by atoms with Crippen molar-refractivity contribution >= 4 is 5.91 Å². The van der Waals surface area contributed by atoms with Crippen molar-refractivity contribution in [3.63, 3.8) is 0 Å². The first-order valence-electron chi connectivity index (χ1n) is 7.68. The fourth-order valence-electron chi connectivity index (χ4n) is 2.39. The number of aromatic nitrogens is 2. The second-order valence-corrected chi connectivity index (χ2v) is 6.34. The van der Waals surface area contributed by atoms with Gasteiger partial charge >= 0.3 is 0 Å². The fraction of sp³-hybridized carbons (Fsp3) is 0.412. The Morgan fingerprint density at radius 2 is 2.05 bits per heavy atom. The van der Waals surface area contributed by atoms with Gasteiger partial charge in [0.05, 0.1) is 6.33 Å². The minimum absolute atomic E-state index is 0.106. The Labute approximate surface area is 130 Å². The van der Waals surface area contributed by atoms with E-state index in [2.05, 4.69) is 36.3 Å². The van der Waals surface area contributed by atoms with Gasteiger partial charge < -0.3 is 15.6 Å². The van der Waals surface area contributed by atoms with Crippen LogP contribution < -0.4 is 11.1 Å². The van der Waals surface area contributed by atoms with Gasteiger partial charge in [-0.1, -0.05) is 24.3 Å². The molecule has 0 radical (unpaired) electrons. The molecule has 5 heteroatoms. The van der Waals surface area contributed by atoms with Crippen LogP contribution in [0.3, 0.4) is 0 Å². The number of benzene rings is 1. The molecule has 1 aliphatic carbocycles. The van der Waals surface area contributed by atoms with Crippen LogP contribution in [0.25, 0.3) is 0 Å². The number of hydrogen-bond acceptors (Lipinski definition) is 3. The van der Waals surface area contributed by atoms with Crippen molar-refractivity contribution in [2.45, 2.75) is 44.8 Å². The summed E-state index contributed by atoms with van der Waals surface area (Å²) in [5.41, 5.74) is 8.74. The summed E-state index contributed by atoms with van der Waals surface area (Å²) in [7, 11) is 0. The number of carbonyl (C=O) groups is 1. The number of nitrogens with two attached hydrogens (primary N) is 1. The van der Waals surface area contributed by atoms with Crippen LogP contribution in [0.4, 0.5) is 0 Å². The molecule has 1 aromatic heterocycles. The SMILES string of the molecule is CC(C)n1cnc(C(=O)NCc2ccc(C3(N)CC3)cc2)c1. The first kappa shape index (κ1) is 14.8. The lowest BCUT2D eigenvalue weighted by molar-refractivity contribution is 0.0946. The quantitative estimate of drug-likeness (QED) is 0.890. The molecule has 1 heterocycles. The van der Waals surface area contributed by atoms with Gasteiger partial charge in [-0.25, -0.2) is 4.98 Å². The maximum Gasteiger partial charge on any atom is 0.271 e. The number of nitrogens with one attached hydrogen (secondary N) is 1. The lowest BCUT2D eigenvalue weighted by Crippen LogP contribution is -2.23. The number of imidazole rings is 1. The van der Waals surface area contributed by atoms with E-state index in [0.29, 0.717) is 18.3 Å². The number of rotatable bonds is 5. The van der Waals surface area contributed by atoms with E-state index in [9.17, 15) is 4.79 Å². The van der Waals surface area contributed by atoms with E-state index in [1.807, 2.05) is 16.7 Å². The standard InChI is InChI=1S/C17H22N4O/c1-12(2)21-10-15(20-11-21)16(22)19-9-13-3-5-14(6-4-13)17(18)7-8-17/h3-6,10-12H,7-9,18H2,1-2H3,(H,19,22). The highest BCUT2D eigenvalue weighted by atomic mass is 16.1. The van der Waals surface area contributed by atoms with Crippen molar-refractivity contribution in [1.82, 2.24) is 14.9 Å². The van der Waals surface area contributed by atoms with Gasteiger partial charge in [-0.05, 0) is 37.8 Å². The predicted octanol–water partition coefficient (Wildman–Crippen LogP) is 2.34. The van der Waals surface area contributed by atoms with Crippen LogP contribution in [-0.4, -0.2) is 15.5 Å². The molecule has 0 saturated heterocycles. The summed E-state index contributed by atoms with van der Waals surface area (Å²) in [6.07, 6.45) is 5.57. The lowest BCUT2D eigenvalue weighted by atomic mass is 10.0. The number of nitrogens with zero attached hydrogens (tertiary/aromatic N) is 2. The van der Waals surface area contributed by atoms with E-state index >= 15 is 0 Å². The Bertz CT molecular complexity index is 668. The van der Waals surface area contributed by atoms with E-state index in [-0.39, 0.29) is 11.4 Å². The summed E-state index contributed by atoms with van der Waals surface area (Å²) >= 11 is 0. The van der Waals surface area contributed by atoms with Crippen LogP contribution in [-0.2, 0) is 12.1 Å². The number of hydrogen-bond donors (Lipinski definition) is 2. The second-order valence-electron chi connectivity index (χ2n) is 6.34. The van der Waals surface area contributed by atoms with Gasteiger partial charge in [0.2, 0.25) is 0 Å². The van der Waals surface area contributed by atoms with Crippen molar-refractivity contribution in [1.29, 1.82) is 0 Å². The Morgan fingerprint density at radius 3 is 2.59 bits per heavy atom. The zero-order valence-corrected chi connectivity index (χ0v) is 13.0. The smallest absolute Gasteiger partial charge is 0.271 e. The summed E-state index contributed by atoms with van der Waals surface area (Å²) in [6, 6.07) is 8.46. The van der Waals surface area contributed by atoms with Gasteiger partial charge in [-0.3, -0.25) is 4.79 Å².